The number of aliphatic imine (C=N–C) groups is 1. The van der Waals surface area contributed by atoms with Gasteiger partial charge in [0.2, 0.25) is 6.33 Å². The first-order valence-electron chi connectivity index (χ1n) is 13.0. The maximum Gasteiger partial charge on any atom is 0.249 e. The molecule has 2 aromatic carbocycles. The zero-order chi connectivity index (χ0) is 25.5. The lowest BCUT2D eigenvalue weighted by Gasteiger charge is -2.17. The molecule has 0 radical (unpaired) electrons. The molecule has 0 unspecified atom stereocenters. The van der Waals surface area contributed by atoms with Crippen molar-refractivity contribution in [1.29, 1.82) is 0 Å². The molecule has 0 saturated heterocycles. The molecule has 0 aliphatic carbocycles. The fraction of sp³-hybridized carbons (Fsp3) is 0.484. The van der Waals surface area contributed by atoms with Gasteiger partial charge in [-0.1, -0.05) is 52.0 Å². The van der Waals surface area contributed by atoms with E-state index in [1.54, 1.807) is 0 Å². The summed E-state index contributed by atoms with van der Waals surface area (Å²) in [4.78, 5) is 4.80. The fourth-order valence-electron chi connectivity index (χ4n) is 5.30. The molecule has 0 atom stereocenters. The highest BCUT2D eigenvalue weighted by atomic mass is 16.5. The molecular formula is C31H42N3O+. The molecular weight excluding hydrogens is 430 g/mol. The van der Waals surface area contributed by atoms with Crippen molar-refractivity contribution < 1.29 is 9.30 Å². The van der Waals surface area contributed by atoms with E-state index in [9.17, 15) is 0 Å². The number of benzene rings is 2. The van der Waals surface area contributed by atoms with Crippen molar-refractivity contribution in [2.45, 2.75) is 92.7 Å². The van der Waals surface area contributed by atoms with E-state index < -0.39 is 0 Å². The monoisotopic (exact) mass is 472 g/mol. The number of nitrogens with zero attached hydrogens (tertiary/aromatic N) is 3. The SMILES string of the molecule is Cc1cc(C)c(C[n+]2ccn(-c3c(C(C)C)cccc3C(C)C)c2)c(C)c1CC1=NC(C)(C)CO1. The molecule has 0 saturated carbocycles. The lowest BCUT2D eigenvalue weighted by atomic mass is 9.91. The van der Waals surface area contributed by atoms with Crippen molar-refractivity contribution in [3.8, 4) is 5.69 Å². The van der Waals surface area contributed by atoms with Crippen LogP contribution in [-0.4, -0.2) is 22.6 Å². The van der Waals surface area contributed by atoms with E-state index in [-0.39, 0.29) is 5.54 Å². The van der Waals surface area contributed by atoms with Gasteiger partial charge in [-0.2, -0.15) is 0 Å². The zero-order valence-electron chi connectivity index (χ0n) is 23.1. The molecule has 186 valence electrons. The lowest BCUT2D eigenvalue weighted by molar-refractivity contribution is -0.687. The average molecular weight is 473 g/mol. The number of hydrogen-bond acceptors (Lipinski definition) is 2. The highest BCUT2D eigenvalue weighted by Crippen LogP contribution is 2.31. The predicted molar refractivity (Wildman–Crippen MR) is 145 cm³/mol. The van der Waals surface area contributed by atoms with E-state index in [0.717, 1.165) is 18.9 Å². The number of imidazole rings is 1. The van der Waals surface area contributed by atoms with Crippen molar-refractivity contribution in [1.82, 2.24) is 4.57 Å². The molecule has 2 heterocycles. The van der Waals surface area contributed by atoms with Gasteiger partial charge in [-0.3, -0.25) is 0 Å². The minimum absolute atomic E-state index is 0.120. The van der Waals surface area contributed by atoms with Crippen molar-refractivity contribution in [2.75, 3.05) is 6.61 Å². The molecule has 0 bridgehead atoms. The molecule has 0 spiro atoms. The van der Waals surface area contributed by atoms with Crippen LogP contribution in [-0.2, 0) is 17.7 Å². The van der Waals surface area contributed by atoms with Crippen LogP contribution in [0.1, 0.15) is 92.3 Å². The Labute approximate surface area is 211 Å². The number of aryl methyl sites for hydroxylation is 2. The van der Waals surface area contributed by atoms with Crippen molar-refractivity contribution in [2.24, 2.45) is 4.99 Å². The van der Waals surface area contributed by atoms with Gasteiger partial charge in [0.15, 0.2) is 5.90 Å². The van der Waals surface area contributed by atoms with E-state index in [0.29, 0.717) is 18.4 Å². The predicted octanol–water partition coefficient (Wildman–Crippen LogP) is 6.73. The molecule has 0 amide bonds. The molecule has 1 aromatic heterocycles. The summed E-state index contributed by atoms with van der Waals surface area (Å²) in [6.45, 7) is 21.6. The van der Waals surface area contributed by atoms with Gasteiger partial charge in [0.05, 0.1) is 5.54 Å². The van der Waals surface area contributed by atoms with E-state index in [1.165, 1.54) is 44.6 Å². The Kier molecular flexibility index (Phi) is 6.95. The van der Waals surface area contributed by atoms with Crippen LogP contribution in [0.25, 0.3) is 5.69 Å². The maximum absolute atomic E-state index is 5.93. The first-order chi connectivity index (χ1) is 16.5. The van der Waals surface area contributed by atoms with Crippen LogP contribution in [0, 0.1) is 20.8 Å². The third-order valence-electron chi connectivity index (χ3n) is 7.27. The van der Waals surface area contributed by atoms with Crippen LogP contribution < -0.4 is 4.57 Å². The highest BCUT2D eigenvalue weighted by molar-refractivity contribution is 5.81. The molecule has 0 N–H and O–H groups in total. The molecule has 4 nitrogen and oxygen atoms in total. The number of para-hydroxylation sites is 1. The van der Waals surface area contributed by atoms with Gasteiger partial charge < -0.3 is 4.74 Å². The topological polar surface area (TPSA) is 30.4 Å². The Hall–Kier alpha value is -2.88. The van der Waals surface area contributed by atoms with Crippen molar-refractivity contribution >= 4 is 5.90 Å². The number of ether oxygens (including phenoxy) is 1. The number of rotatable bonds is 7. The highest BCUT2D eigenvalue weighted by Gasteiger charge is 2.27. The minimum Gasteiger partial charge on any atom is -0.478 e. The summed E-state index contributed by atoms with van der Waals surface area (Å²) < 4.78 is 10.5. The number of aromatic nitrogens is 2. The Balaban J connectivity index is 1.68. The summed E-state index contributed by atoms with van der Waals surface area (Å²) in [5, 5.41) is 0. The molecule has 1 aliphatic heterocycles. The van der Waals surface area contributed by atoms with Gasteiger partial charge in [0.1, 0.15) is 31.2 Å². The molecule has 3 aromatic rings. The standard InChI is InChI=1S/C31H42N3O/c1-20(2)25-11-10-12-26(21(3)4)30(25)34-14-13-33(19-34)17-28-23(6)15-22(5)27(24(28)7)16-29-32-31(8,9)18-35-29/h10-15,19-21H,16-18H2,1-9H3/q+1. The number of hydrogen-bond donors (Lipinski definition) is 0. The zero-order valence-corrected chi connectivity index (χ0v) is 23.1. The summed E-state index contributed by atoms with van der Waals surface area (Å²) in [5.41, 5.74) is 10.7. The van der Waals surface area contributed by atoms with E-state index >= 15 is 0 Å². The average Bonchev–Trinajstić information content (AvgIpc) is 3.39. The van der Waals surface area contributed by atoms with Gasteiger partial charge in [-0.25, -0.2) is 14.1 Å². The fourth-order valence-corrected chi connectivity index (χ4v) is 5.30. The molecule has 4 rings (SSSR count). The first kappa shape index (κ1) is 25.2. The second-order valence-electron chi connectivity index (χ2n) is 11.5. The third kappa shape index (κ3) is 5.22. The largest absolute Gasteiger partial charge is 0.478 e. The minimum atomic E-state index is -0.120. The smallest absolute Gasteiger partial charge is 0.249 e. The molecule has 4 heteroatoms. The first-order valence-corrected chi connectivity index (χ1v) is 13.0. The van der Waals surface area contributed by atoms with Crippen molar-refractivity contribution in [3.05, 3.63) is 81.9 Å². The van der Waals surface area contributed by atoms with Gasteiger partial charge in [-0.05, 0) is 74.3 Å². The summed E-state index contributed by atoms with van der Waals surface area (Å²) in [7, 11) is 0. The summed E-state index contributed by atoms with van der Waals surface area (Å²) >= 11 is 0. The maximum atomic E-state index is 5.93. The molecule has 35 heavy (non-hydrogen) atoms. The third-order valence-corrected chi connectivity index (χ3v) is 7.27. The van der Waals surface area contributed by atoms with Crippen LogP contribution >= 0.6 is 0 Å². The van der Waals surface area contributed by atoms with Crippen LogP contribution in [0.5, 0.6) is 0 Å². The Morgan fingerprint density at radius 3 is 2.20 bits per heavy atom. The second kappa shape index (κ2) is 9.64. The van der Waals surface area contributed by atoms with Crippen LogP contribution in [0.15, 0.2) is 48.0 Å². The quantitative estimate of drug-likeness (QED) is 0.350. The van der Waals surface area contributed by atoms with Crippen LogP contribution in [0.3, 0.4) is 0 Å². The Morgan fingerprint density at radius 2 is 1.63 bits per heavy atom. The summed E-state index contributed by atoms with van der Waals surface area (Å²) in [6.07, 6.45) is 7.42. The van der Waals surface area contributed by atoms with E-state index in [2.05, 4.69) is 114 Å². The molecule has 0 fully saturated rings. The Morgan fingerprint density at radius 1 is 1.00 bits per heavy atom. The summed E-state index contributed by atoms with van der Waals surface area (Å²) in [6, 6.07) is 9.06. The van der Waals surface area contributed by atoms with Crippen molar-refractivity contribution in [3.63, 3.8) is 0 Å². The van der Waals surface area contributed by atoms with Gasteiger partial charge in [-0.15, -0.1) is 0 Å². The van der Waals surface area contributed by atoms with E-state index in [1.807, 2.05) is 0 Å². The normalized spacial score (nSPS) is 15.1. The molecule has 1 aliphatic rings. The van der Waals surface area contributed by atoms with Crippen LogP contribution in [0.2, 0.25) is 0 Å². The van der Waals surface area contributed by atoms with Gasteiger partial charge >= 0.3 is 0 Å². The van der Waals surface area contributed by atoms with E-state index in [4.69, 9.17) is 9.73 Å². The second-order valence-corrected chi connectivity index (χ2v) is 11.5. The summed E-state index contributed by atoms with van der Waals surface area (Å²) in [5.74, 6) is 1.80. The Bertz CT molecular complexity index is 1230. The van der Waals surface area contributed by atoms with Gasteiger partial charge in [0.25, 0.3) is 0 Å². The van der Waals surface area contributed by atoms with Gasteiger partial charge in [0, 0.05) is 17.5 Å². The lowest BCUT2D eigenvalue weighted by Crippen LogP contribution is -2.32. The van der Waals surface area contributed by atoms with Crippen LogP contribution in [0.4, 0.5) is 0 Å².